The molecule has 0 spiro atoms. The molecule has 1 aliphatic carbocycles. The van der Waals surface area contributed by atoms with Crippen LogP contribution in [0.25, 0.3) is 0 Å². The SMILES string of the molecule is CCS(=O)(=O)/C(C#N)=C1\CC(C)(C)CC(N2CCCC2)=C1C#N. The maximum Gasteiger partial charge on any atom is 0.188 e. The van der Waals surface area contributed by atoms with Crippen LogP contribution in [0.1, 0.15) is 46.5 Å². The van der Waals surface area contributed by atoms with Gasteiger partial charge in [0.1, 0.15) is 17.0 Å². The third kappa shape index (κ3) is 3.43. The maximum atomic E-state index is 12.3. The van der Waals surface area contributed by atoms with Crippen LogP contribution in [-0.4, -0.2) is 32.2 Å². The molecule has 23 heavy (non-hydrogen) atoms. The molecule has 124 valence electrons. The summed E-state index contributed by atoms with van der Waals surface area (Å²) in [6.07, 6.45) is 3.35. The number of nitrogens with zero attached hydrogens (tertiary/aromatic N) is 3. The summed E-state index contributed by atoms with van der Waals surface area (Å²) in [5, 5.41) is 19.1. The van der Waals surface area contributed by atoms with Crippen LogP contribution >= 0.6 is 0 Å². The number of allylic oxidation sites excluding steroid dienone is 4. The van der Waals surface area contributed by atoms with Crippen molar-refractivity contribution in [2.75, 3.05) is 18.8 Å². The smallest absolute Gasteiger partial charge is 0.188 e. The van der Waals surface area contributed by atoms with Crippen LogP contribution in [0.4, 0.5) is 0 Å². The van der Waals surface area contributed by atoms with Gasteiger partial charge in [0.25, 0.3) is 0 Å². The van der Waals surface area contributed by atoms with E-state index in [1.807, 2.05) is 6.07 Å². The standard InChI is InChI=1S/C17H23N3O2S/c1-4-23(21,22)16(12-19)13-9-17(2,3)10-15(14(13)11-18)20-7-5-6-8-20/h4-10H2,1-3H3/b16-13+. The first-order chi connectivity index (χ1) is 10.8. The third-order valence-corrected chi connectivity index (χ3v) is 6.28. The molecular weight excluding hydrogens is 310 g/mol. The second-order valence-corrected chi connectivity index (χ2v) is 9.18. The molecule has 2 rings (SSSR count). The Morgan fingerprint density at radius 3 is 2.30 bits per heavy atom. The average Bonchev–Trinajstić information content (AvgIpc) is 3.00. The third-order valence-electron chi connectivity index (χ3n) is 4.56. The summed E-state index contributed by atoms with van der Waals surface area (Å²) in [5.74, 6) is -0.127. The topological polar surface area (TPSA) is 85.0 Å². The van der Waals surface area contributed by atoms with Gasteiger partial charge in [0.05, 0.1) is 11.3 Å². The van der Waals surface area contributed by atoms with E-state index >= 15 is 0 Å². The molecule has 0 amide bonds. The average molecular weight is 333 g/mol. The Kier molecular flexibility index (Phi) is 4.87. The van der Waals surface area contributed by atoms with Crippen LogP contribution in [0.3, 0.4) is 0 Å². The summed E-state index contributed by atoms with van der Waals surface area (Å²) in [6.45, 7) is 7.44. The molecule has 0 saturated carbocycles. The van der Waals surface area contributed by atoms with Gasteiger partial charge in [0.15, 0.2) is 9.84 Å². The van der Waals surface area contributed by atoms with E-state index in [4.69, 9.17) is 0 Å². The predicted octanol–water partition coefficient (Wildman–Crippen LogP) is 2.89. The molecule has 0 bridgehead atoms. The maximum absolute atomic E-state index is 12.3. The van der Waals surface area contributed by atoms with E-state index in [0.717, 1.165) is 38.0 Å². The Hall–Kier alpha value is -1.79. The van der Waals surface area contributed by atoms with Gasteiger partial charge in [-0.15, -0.1) is 0 Å². The second kappa shape index (κ2) is 6.37. The Bertz CT molecular complexity index is 740. The van der Waals surface area contributed by atoms with Crippen molar-refractivity contribution in [1.29, 1.82) is 10.5 Å². The van der Waals surface area contributed by atoms with Crippen LogP contribution in [0, 0.1) is 28.1 Å². The van der Waals surface area contributed by atoms with E-state index < -0.39 is 9.84 Å². The highest BCUT2D eigenvalue weighted by Crippen LogP contribution is 2.45. The Morgan fingerprint density at radius 2 is 1.83 bits per heavy atom. The minimum atomic E-state index is -3.64. The van der Waals surface area contributed by atoms with Crippen LogP contribution in [0.2, 0.25) is 0 Å². The zero-order valence-corrected chi connectivity index (χ0v) is 14.8. The van der Waals surface area contributed by atoms with Crippen molar-refractivity contribution in [2.45, 2.75) is 46.5 Å². The van der Waals surface area contributed by atoms with Crippen LogP contribution in [0.5, 0.6) is 0 Å². The molecule has 1 heterocycles. The molecule has 0 N–H and O–H groups in total. The lowest BCUT2D eigenvalue weighted by Crippen LogP contribution is -2.30. The van der Waals surface area contributed by atoms with Gasteiger partial charge in [-0.3, -0.25) is 0 Å². The molecule has 0 atom stereocenters. The molecule has 1 saturated heterocycles. The fourth-order valence-electron chi connectivity index (χ4n) is 3.40. The Morgan fingerprint density at radius 1 is 1.22 bits per heavy atom. The van der Waals surface area contributed by atoms with Gasteiger partial charge < -0.3 is 4.90 Å². The molecule has 0 unspecified atom stereocenters. The van der Waals surface area contributed by atoms with Crippen molar-refractivity contribution >= 4 is 9.84 Å². The highest BCUT2D eigenvalue weighted by molar-refractivity contribution is 7.95. The minimum absolute atomic E-state index is 0.127. The molecule has 0 aromatic carbocycles. The second-order valence-electron chi connectivity index (χ2n) is 6.97. The highest BCUT2D eigenvalue weighted by atomic mass is 32.2. The zero-order chi connectivity index (χ0) is 17.3. The van der Waals surface area contributed by atoms with Crippen molar-refractivity contribution in [2.24, 2.45) is 5.41 Å². The quantitative estimate of drug-likeness (QED) is 0.741. The molecule has 0 radical (unpaired) electrons. The van der Waals surface area contributed by atoms with Gasteiger partial charge in [-0.25, -0.2) is 8.42 Å². The summed E-state index contributed by atoms with van der Waals surface area (Å²) in [6, 6.07) is 4.06. The predicted molar refractivity (Wildman–Crippen MR) is 88.6 cm³/mol. The summed E-state index contributed by atoms with van der Waals surface area (Å²) in [5.41, 5.74) is 1.56. The molecule has 2 aliphatic rings. The Labute approximate surface area is 138 Å². The number of sulfone groups is 1. The highest BCUT2D eigenvalue weighted by Gasteiger charge is 2.37. The summed E-state index contributed by atoms with van der Waals surface area (Å²) in [7, 11) is -3.64. The van der Waals surface area contributed by atoms with Crippen LogP contribution in [0.15, 0.2) is 21.7 Å². The molecular formula is C17H23N3O2S. The molecule has 1 aliphatic heterocycles. The van der Waals surface area contributed by atoms with Crippen molar-refractivity contribution in [3.63, 3.8) is 0 Å². The monoisotopic (exact) mass is 333 g/mol. The Balaban J connectivity index is 2.72. The van der Waals surface area contributed by atoms with Gasteiger partial charge in [0, 0.05) is 24.4 Å². The lowest BCUT2D eigenvalue weighted by atomic mass is 9.73. The number of hydrogen-bond donors (Lipinski definition) is 0. The molecule has 1 fully saturated rings. The van der Waals surface area contributed by atoms with Crippen molar-refractivity contribution in [3.8, 4) is 12.1 Å². The number of rotatable bonds is 3. The molecule has 0 aromatic heterocycles. The van der Waals surface area contributed by atoms with E-state index in [1.54, 1.807) is 0 Å². The normalized spacial score (nSPS) is 23.4. The van der Waals surface area contributed by atoms with E-state index in [2.05, 4.69) is 24.8 Å². The fraction of sp³-hybridized carbons (Fsp3) is 0.647. The summed E-state index contributed by atoms with van der Waals surface area (Å²) in [4.78, 5) is 1.97. The minimum Gasteiger partial charge on any atom is -0.374 e. The zero-order valence-electron chi connectivity index (χ0n) is 14.0. The van der Waals surface area contributed by atoms with E-state index in [1.165, 1.54) is 6.92 Å². The number of likely N-dealkylation sites (tertiary alicyclic amines) is 1. The van der Waals surface area contributed by atoms with Crippen LogP contribution in [-0.2, 0) is 9.84 Å². The van der Waals surface area contributed by atoms with E-state index in [0.29, 0.717) is 17.6 Å². The first-order valence-corrected chi connectivity index (χ1v) is 9.65. The van der Waals surface area contributed by atoms with Gasteiger partial charge in [-0.05, 0) is 31.1 Å². The lowest BCUT2D eigenvalue weighted by Gasteiger charge is -2.37. The molecule has 5 nitrogen and oxygen atoms in total. The first-order valence-electron chi connectivity index (χ1n) is 8.00. The largest absolute Gasteiger partial charge is 0.374 e. The summed E-state index contributed by atoms with van der Waals surface area (Å²) >= 11 is 0. The number of hydrogen-bond acceptors (Lipinski definition) is 5. The van der Waals surface area contributed by atoms with E-state index in [-0.39, 0.29) is 16.1 Å². The van der Waals surface area contributed by atoms with Crippen molar-refractivity contribution < 1.29 is 8.42 Å². The van der Waals surface area contributed by atoms with Gasteiger partial charge in [0.2, 0.25) is 0 Å². The first kappa shape index (κ1) is 17.6. The van der Waals surface area contributed by atoms with Gasteiger partial charge in [-0.2, -0.15) is 10.5 Å². The van der Waals surface area contributed by atoms with Gasteiger partial charge >= 0.3 is 0 Å². The lowest BCUT2D eigenvalue weighted by molar-refractivity contribution is 0.287. The van der Waals surface area contributed by atoms with Gasteiger partial charge in [-0.1, -0.05) is 20.8 Å². The van der Waals surface area contributed by atoms with E-state index in [9.17, 15) is 18.9 Å². The van der Waals surface area contributed by atoms with Crippen molar-refractivity contribution in [3.05, 3.63) is 21.7 Å². The molecule has 6 heteroatoms. The number of nitriles is 2. The van der Waals surface area contributed by atoms with Crippen LogP contribution < -0.4 is 0 Å². The van der Waals surface area contributed by atoms with Crippen molar-refractivity contribution in [1.82, 2.24) is 4.90 Å². The fourth-order valence-corrected chi connectivity index (χ4v) is 4.37. The molecule has 0 aromatic rings. The summed E-state index contributed by atoms with van der Waals surface area (Å²) < 4.78 is 24.6.